The highest BCUT2D eigenvalue weighted by Crippen LogP contribution is 2.28. The Morgan fingerprint density at radius 1 is 1.31 bits per heavy atom. The van der Waals surface area contributed by atoms with Crippen LogP contribution in [0.2, 0.25) is 5.02 Å². The van der Waals surface area contributed by atoms with Crippen LogP contribution in [-0.2, 0) is 4.79 Å². The van der Waals surface area contributed by atoms with Gasteiger partial charge in [-0.3, -0.25) is 14.2 Å². The van der Waals surface area contributed by atoms with Gasteiger partial charge in [-0.1, -0.05) is 42.4 Å². The van der Waals surface area contributed by atoms with Gasteiger partial charge in [0.25, 0.3) is 5.56 Å². The van der Waals surface area contributed by atoms with E-state index in [2.05, 4.69) is 11.9 Å². The Morgan fingerprint density at radius 3 is 2.93 bits per heavy atom. The van der Waals surface area contributed by atoms with E-state index in [1.165, 1.54) is 34.1 Å². The van der Waals surface area contributed by atoms with Gasteiger partial charge in [-0.25, -0.2) is 4.98 Å². The average molecular weight is 448 g/mol. The molecular weight excluding hydrogens is 426 g/mol. The Morgan fingerprint density at radius 2 is 2.14 bits per heavy atom. The van der Waals surface area contributed by atoms with Gasteiger partial charge >= 0.3 is 0 Å². The summed E-state index contributed by atoms with van der Waals surface area (Å²) in [5.41, 5.74) is 1.08. The van der Waals surface area contributed by atoms with E-state index in [0.717, 1.165) is 25.8 Å². The zero-order chi connectivity index (χ0) is 20.4. The number of carbonyl (C=O) groups excluding carboxylic acids is 1. The number of piperidine rings is 1. The van der Waals surface area contributed by atoms with E-state index in [4.69, 9.17) is 11.6 Å². The predicted molar refractivity (Wildman–Crippen MR) is 121 cm³/mol. The van der Waals surface area contributed by atoms with Crippen LogP contribution in [0.25, 0.3) is 15.9 Å². The van der Waals surface area contributed by atoms with E-state index in [1.807, 2.05) is 28.5 Å². The van der Waals surface area contributed by atoms with Gasteiger partial charge in [0.1, 0.15) is 4.70 Å². The number of likely N-dealkylation sites (tertiary alicyclic amines) is 1. The fourth-order valence-corrected chi connectivity index (χ4v) is 5.67. The summed E-state index contributed by atoms with van der Waals surface area (Å²) in [6, 6.07) is 9.36. The van der Waals surface area contributed by atoms with Crippen LogP contribution < -0.4 is 5.56 Å². The van der Waals surface area contributed by atoms with Gasteiger partial charge in [0, 0.05) is 12.6 Å². The first kappa shape index (κ1) is 20.4. The second-order valence-electron chi connectivity index (χ2n) is 7.05. The summed E-state index contributed by atoms with van der Waals surface area (Å²) in [6.45, 7) is 2.94. The lowest BCUT2D eigenvalue weighted by molar-refractivity contribution is -0.132. The third-order valence-corrected chi connectivity index (χ3v) is 7.42. The zero-order valence-corrected chi connectivity index (χ0v) is 18.5. The first-order valence-corrected chi connectivity index (χ1v) is 12.0. The Balaban J connectivity index is 1.68. The molecule has 4 rings (SSSR count). The average Bonchev–Trinajstić information content (AvgIpc) is 3.22. The van der Waals surface area contributed by atoms with Crippen LogP contribution in [-0.4, -0.2) is 38.7 Å². The highest BCUT2D eigenvalue weighted by molar-refractivity contribution is 7.99. The van der Waals surface area contributed by atoms with Crippen molar-refractivity contribution in [2.45, 2.75) is 43.8 Å². The molecule has 0 bridgehead atoms. The van der Waals surface area contributed by atoms with Crippen LogP contribution in [0, 0.1) is 0 Å². The molecule has 1 aliphatic heterocycles. The third kappa shape index (κ3) is 4.09. The maximum Gasteiger partial charge on any atom is 0.276 e. The van der Waals surface area contributed by atoms with Crippen molar-refractivity contribution in [3.05, 3.63) is 51.1 Å². The molecule has 1 atom stereocenters. The fraction of sp³-hybridized carbons (Fsp3) is 0.381. The van der Waals surface area contributed by atoms with Gasteiger partial charge in [0.15, 0.2) is 5.16 Å². The number of rotatable bonds is 5. The molecule has 3 aromatic rings. The highest BCUT2D eigenvalue weighted by atomic mass is 35.5. The minimum Gasteiger partial charge on any atom is -0.339 e. The molecule has 1 amide bonds. The quantitative estimate of drug-likeness (QED) is 0.408. The first-order valence-electron chi connectivity index (χ1n) is 9.77. The molecule has 0 spiro atoms. The summed E-state index contributed by atoms with van der Waals surface area (Å²) in [6.07, 6.45) is 4.27. The van der Waals surface area contributed by atoms with E-state index in [9.17, 15) is 9.59 Å². The molecule has 2 aromatic heterocycles. The largest absolute Gasteiger partial charge is 0.339 e. The van der Waals surface area contributed by atoms with Crippen molar-refractivity contribution < 1.29 is 4.79 Å². The fourth-order valence-electron chi connectivity index (χ4n) is 3.80. The number of fused-ring (bicyclic) bond motifs is 1. The van der Waals surface area contributed by atoms with Gasteiger partial charge in [-0.2, -0.15) is 0 Å². The van der Waals surface area contributed by atoms with Crippen molar-refractivity contribution in [2.75, 3.05) is 12.3 Å². The topological polar surface area (TPSA) is 55.2 Å². The Kier molecular flexibility index (Phi) is 6.27. The van der Waals surface area contributed by atoms with E-state index < -0.39 is 0 Å². The van der Waals surface area contributed by atoms with Crippen molar-refractivity contribution >= 4 is 50.8 Å². The number of hydrogen-bond donors (Lipinski definition) is 0. The summed E-state index contributed by atoms with van der Waals surface area (Å²) in [5, 5.41) is 2.82. The summed E-state index contributed by atoms with van der Waals surface area (Å²) >= 11 is 9.05. The van der Waals surface area contributed by atoms with Crippen molar-refractivity contribution in [3.8, 4) is 5.69 Å². The predicted octanol–water partition coefficient (Wildman–Crippen LogP) is 4.98. The number of hydrogen-bond acceptors (Lipinski definition) is 5. The molecule has 1 unspecified atom stereocenters. The smallest absolute Gasteiger partial charge is 0.276 e. The lowest BCUT2D eigenvalue weighted by Gasteiger charge is -2.35. The van der Waals surface area contributed by atoms with Gasteiger partial charge in [0.05, 0.1) is 22.0 Å². The Labute approximate surface area is 182 Å². The molecule has 1 saturated heterocycles. The molecule has 8 heteroatoms. The zero-order valence-electron chi connectivity index (χ0n) is 16.1. The molecule has 1 aromatic carbocycles. The summed E-state index contributed by atoms with van der Waals surface area (Å²) in [5.74, 6) is 0.357. The summed E-state index contributed by atoms with van der Waals surface area (Å²) < 4.78 is 2.12. The van der Waals surface area contributed by atoms with E-state index in [-0.39, 0.29) is 17.2 Å². The number of carbonyl (C=O) groups is 1. The van der Waals surface area contributed by atoms with Gasteiger partial charge in [-0.05, 0) is 49.3 Å². The number of thioether (sulfide) groups is 1. The molecule has 0 aliphatic carbocycles. The third-order valence-electron chi connectivity index (χ3n) is 5.29. The Bertz CT molecular complexity index is 1090. The van der Waals surface area contributed by atoms with E-state index >= 15 is 0 Å². The van der Waals surface area contributed by atoms with Crippen LogP contribution in [0.1, 0.15) is 32.6 Å². The second-order valence-corrected chi connectivity index (χ2v) is 9.32. The van der Waals surface area contributed by atoms with Crippen molar-refractivity contribution in [2.24, 2.45) is 0 Å². The molecular formula is C21H22ClN3O2S2. The number of nitrogens with zero attached hydrogens (tertiary/aromatic N) is 3. The van der Waals surface area contributed by atoms with E-state index in [1.54, 1.807) is 12.1 Å². The monoisotopic (exact) mass is 447 g/mol. The number of aromatic nitrogens is 2. The van der Waals surface area contributed by atoms with Crippen LogP contribution >= 0.6 is 34.7 Å². The lowest BCUT2D eigenvalue weighted by atomic mass is 10.0. The molecule has 3 heterocycles. The van der Waals surface area contributed by atoms with Crippen LogP contribution in [0.15, 0.2) is 45.7 Å². The molecule has 0 N–H and O–H groups in total. The molecule has 0 saturated carbocycles. The van der Waals surface area contributed by atoms with Gasteiger partial charge in [0.2, 0.25) is 5.91 Å². The molecule has 29 heavy (non-hydrogen) atoms. The van der Waals surface area contributed by atoms with Crippen molar-refractivity contribution in [3.63, 3.8) is 0 Å². The summed E-state index contributed by atoms with van der Waals surface area (Å²) in [4.78, 5) is 32.8. The highest BCUT2D eigenvalue weighted by Gasteiger charge is 2.26. The number of halogens is 1. The number of para-hydroxylation sites is 1. The molecule has 152 valence electrons. The second kappa shape index (κ2) is 8.90. The minimum absolute atomic E-state index is 0.104. The normalized spacial score (nSPS) is 17.0. The number of thiophene rings is 1. The number of amides is 1. The molecule has 5 nitrogen and oxygen atoms in total. The summed E-state index contributed by atoms with van der Waals surface area (Å²) in [7, 11) is 0. The van der Waals surface area contributed by atoms with Crippen LogP contribution in [0.5, 0.6) is 0 Å². The van der Waals surface area contributed by atoms with Gasteiger partial charge < -0.3 is 4.90 Å². The van der Waals surface area contributed by atoms with Crippen LogP contribution in [0.4, 0.5) is 0 Å². The molecule has 0 radical (unpaired) electrons. The van der Waals surface area contributed by atoms with Crippen LogP contribution in [0.3, 0.4) is 0 Å². The first-order chi connectivity index (χ1) is 14.1. The maximum atomic E-state index is 13.2. The molecule has 1 fully saturated rings. The standard InChI is InChI=1S/C21H22ClN3O2S2/c1-2-14-7-5-6-11-24(14)18(26)13-29-21-23-16-10-12-28-19(16)20(27)25(21)17-9-4-3-8-15(17)22/h3-4,8-10,12,14H,2,5-7,11,13H2,1H3. The molecule has 1 aliphatic rings. The minimum atomic E-state index is -0.155. The Hall–Kier alpha value is -1.83. The van der Waals surface area contributed by atoms with Gasteiger partial charge in [-0.15, -0.1) is 11.3 Å². The SMILES string of the molecule is CCC1CCCCN1C(=O)CSc1nc2ccsc2c(=O)n1-c1ccccc1Cl. The number of benzene rings is 1. The lowest BCUT2D eigenvalue weighted by Crippen LogP contribution is -2.44. The maximum absolute atomic E-state index is 13.2. The van der Waals surface area contributed by atoms with E-state index in [0.29, 0.717) is 32.1 Å². The van der Waals surface area contributed by atoms with Crippen molar-refractivity contribution in [1.29, 1.82) is 0 Å². The van der Waals surface area contributed by atoms with Crippen molar-refractivity contribution in [1.82, 2.24) is 14.5 Å².